The van der Waals surface area contributed by atoms with Gasteiger partial charge in [-0.05, 0) is 83.2 Å². The summed E-state index contributed by atoms with van der Waals surface area (Å²) in [7, 11) is 0. The number of nitrogens with one attached hydrogen (secondary N) is 1. The predicted molar refractivity (Wildman–Crippen MR) is 182 cm³/mol. The molecule has 0 bridgehead atoms. The SMILES string of the molecule is C=CN(c1cc(O[C@H](C)c2ccccc2Cl)c(C(=C)N)s1)c1cc(CCCN[C@H](C(=O)OC(C)(C)C)C(C)C)ccc1C. The van der Waals surface area contributed by atoms with Gasteiger partial charge in [-0.3, -0.25) is 4.79 Å². The molecule has 3 aromatic rings. The van der Waals surface area contributed by atoms with Gasteiger partial charge in [0.05, 0.1) is 4.88 Å². The molecule has 2 atom stereocenters. The molecule has 0 aliphatic rings. The molecule has 0 unspecified atom stereocenters. The maximum absolute atomic E-state index is 12.7. The quantitative estimate of drug-likeness (QED) is 0.138. The van der Waals surface area contributed by atoms with Crippen LogP contribution in [0.3, 0.4) is 0 Å². The van der Waals surface area contributed by atoms with Gasteiger partial charge in [0.25, 0.3) is 0 Å². The molecule has 6 nitrogen and oxygen atoms in total. The molecular formula is C35H46ClN3O3S. The van der Waals surface area contributed by atoms with Crippen molar-refractivity contribution < 1.29 is 14.3 Å². The fourth-order valence-electron chi connectivity index (χ4n) is 4.73. The van der Waals surface area contributed by atoms with Gasteiger partial charge in [-0.1, -0.05) is 68.9 Å². The van der Waals surface area contributed by atoms with Crippen LogP contribution in [0.15, 0.2) is 67.9 Å². The zero-order valence-corrected chi connectivity index (χ0v) is 28.1. The highest BCUT2D eigenvalue weighted by Gasteiger charge is 2.27. The predicted octanol–water partition coefficient (Wildman–Crippen LogP) is 8.95. The van der Waals surface area contributed by atoms with Gasteiger partial charge >= 0.3 is 5.97 Å². The van der Waals surface area contributed by atoms with Crippen LogP contribution in [-0.2, 0) is 16.0 Å². The van der Waals surface area contributed by atoms with E-state index in [9.17, 15) is 4.79 Å². The fourth-order valence-corrected chi connectivity index (χ4v) is 6.01. The minimum Gasteiger partial charge on any atom is -0.484 e. The van der Waals surface area contributed by atoms with Gasteiger partial charge in [-0.15, -0.1) is 11.3 Å². The molecule has 0 spiro atoms. The number of hydrogen-bond acceptors (Lipinski definition) is 7. The van der Waals surface area contributed by atoms with E-state index >= 15 is 0 Å². The van der Waals surface area contributed by atoms with Gasteiger partial charge in [-0.2, -0.15) is 0 Å². The molecule has 2 aromatic carbocycles. The molecule has 0 aliphatic heterocycles. The standard InChI is InChI=1S/C35H46ClN3O3S/c1-10-39(31-21-30(33(43-31)24(5)37)41-25(6)27-15-11-12-16-28(27)36)29-20-26(18-17-23(29)4)14-13-19-38-32(22(2)3)34(40)42-35(7,8)9/h10-12,15-18,20-22,25,32,38H,1,5,13-14,19,37H2,2-4,6-9H3/t25-,32+/m1/s1. The third-order valence-electron chi connectivity index (χ3n) is 6.91. The number of hydrogen-bond donors (Lipinski definition) is 2. The van der Waals surface area contributed by atoms with Crippen LogP contribution in [-0.4, -0.2) is 24.2 Å². The number of halogens is 1. The molecule has 8 heteroatoms. The smallest absolute Gasteiger partial charge is 0.323 e. The summed E-state index contributed by atoms with van der Waals surface area (Å²) in [6, 6.07) is 15.8. The normalized spacial score (nSPS) is 13.0. The van der Waals surface area contributed by atoms with Crippen molar-refractivity contribution >= 4 is 45.3 Å². The van der Waals surface area contributed by atoms with Gasteiger partial charge in [0.1, 0.15) is 28.5 Å². The van der Waals surface area contributed by atoms with Crippen LogP contribution in [0.5, 0.6) is 5.75 Å². The van der Waals surface area contributed by atoms with Crippen LogP contribution in [0.1, 0.15) is 75.6 Å². The lowest BCUT2D eigenvalue weighted by Gasteiger charge is -2.26. The van der Waals surface area contributed by atoms with E-state index in [0.29, 0.717) is 23.0 Å². The number of thiophene rings is 1. The monoisotopic (exact) mass is 623 g/mol. The molecule has 1 heterocycles. The lowest BCUT2D eigenvalue weighted by atomic mass is 10.0. The van der Waals surface area contributed by atoms with Crippen LogP contribution in [0.4, 0.5) is 10.7 Å². The van der Waals surface area contributed by atoms with Gasteiger partial charge in [0.2, 0.25) is 0 Å². The minimum absolute atomic E-state index is 0.129. The highest BCUT2D eigenvalue weighted by molar-refractivity contribution is 7.17. The molecule has 0 fully saturated rings. The van der Waals surface area contributed by atoms with Crippen LogP contribution >= 0.6 is 22.9 Å². The molecule has 1 aromatic heterocycles. The number of aryl methyl sites for hydroxylation is 2. The van der Waals surface area contributed by atoms with Crippen LogP contribution in [0.25, 0.3) is 5.70 Å². The van der Waals surface area contributed by atoms with Crippen LogP contribution < -0.4 is 20.7 Å². The summed E-state index contributed by atoms with van der Waals surface area (Å²) in [5, 5.41) is 4.97. The number of esters is 1. The Hall–Kier alpha value is -3.26. The molecule has 0 radical (unpaired) electrons. The second-order valence-electron chi connectivity index (χ2n) is 12.1. The topological polar surface area (TPSA) is 76.8 Å². The Kier molecular flexibility index (Phi) is 11.9. The Morgan fingerprint density at radius 1 is 1.16 bits per heavy atom. The van der Waals surface area contributed by atoms with E-state index in [-0.39, 0.29) is 24.0 Å². The Balaban J connectivity index is 1.76. The maximum atomic E-state index is 12.7. The first kappa shape index (κ1) is 34.2. The number of benzene rings is 2. The van der Waals surface area contributed by atoms with Crippen molar-refractivity contribution in [2.24, 2.45) is 11.7 Å². The molecular weight excluding hydrogens is 578 g/mol. The molecule has 0 amide bonds. The number of nitrogens with zero attached hydrogens (tertiary/aromatic N) is 1. The van der Waals surface area contributed by atoms with E-state index in [4.69, 9.17) is 26.8 Å². The van der Waals surface area contributed by atoms with E-state index in [2.05, 4.69) is 48.5 Å². The van der Waals surface area contributed by atoms with E-state index in [1.165, 1.54) is 16.9 Å². The lowest BCUT2D eigenvalue weighted by Crippen LogP contribution is -2.45. The van der Waals surface area contributed by atoms with Crippen molar-refractivity contribution in [3.63, 3.8) is 0 Å². The van der Waals surface area contributed by atoms with Crippen molar-refractivity contribution in [3.05, 3.63) is 94.5 Å². The second-order valence-corrected chi connectivity index (χ2v) is 13.5. The summed E-state index contributed by atoms with van der Waals surface area (Å²) in [5.41, 5.74) is 10.3. The molecule has 3 rings (SSSR count). The van der Waals surface area contributed by atoms with Gasteiger partial charge in [0.15, 0.2) is 0 Å². The number of nitrogens with two attached hydrogens (primary N) is 1. The zero-order chi connectivity index (χ0) is 31.9. The van der Waals surface area contributed by atoms with Crippen molar-refractivity contribution in [1.82, 2.24) is 5.32 Å². The zero-order valence-electron chi connectivity index (χ0n) is 26.5. The van der Waals surface area contributed by atoms with E-state index in [0.717, 1.165) is 39.5 Å². The van der Waals surface area contributed by atoms with Crippen molar-refractivity contribution in [2.45, 2.75) is 79.1 Å². The highest BCUT2D eigenvalue weighted by Crippen LogP contribution is 2.43. The largest absolute Gasteiger partial charge is 0.484 e. The van der Waals surface area contributed by atoms with Crippen LogP contribution in [0, 0.1) is 12.8 Å². The van der Waals surface area contributed by atoms with Crippen molar-refractivity contribution in [2.75, 3.05) is 11.4 Å². The number of ether oxygens (including phenoxy) is 2. The Morgan fingerprint density at radius 2 is 1.86 bits per heavy atom. The lowest BCUT2D eigenvalue weighted by molar-refractivity contribution is -0.158. The molecule has 0 aliphatic carbocycles. The summed E-state index contributed by atoms with van der Waals surface area (Å²) in [4.78, 5) is 15.5. The first-order valence-electron chi connectivity index (χ1n) is 14.7. The first-order valence-corrected chi connectivity index (χ1v) is 15.9. The fraction of sp³-hybridized carbons (Fsp3) is 0.400. The third kappa shape index (κ3) is 9.36. The summed E-state index contributed by atoms with van der Waals surface area (Å²) in [5.74, 6) is 0.571. The minimum atomic E-state index is -0.511. The number of carbonyl (C=O) groups excluding carboxylic acids is 1. The summed E-state index contributed by atoms with van der Waals surface area (Å²) in [6.45, 7) is 22.6. The average molecular weight is 624 g/mol. The molecule has 0 saturated heterocycles. The summed E-state index contributed by atoms with van der Waals surface area (Å²) >= 11 is 7.93. The van der Waals surface area contributed by atoms with Crippen molar-refractivity contribution in [3.8, 4) is 5.75 Å². The summed E-state index contributed by atoms with van der Waals surface area (Å²) in [6.07, 6.45) is 3.24. The number of anilines is 2. The van der Waals surface area contributed by atoms with Crippen LogP contribution in [0.2, 0.25) is 5.02 Å². The highest BCUT2D eigenvalue weighted by atomic mass is 35.5. The van der Waals surface area contributed by atoms with E-state index in [1.54, 1.807) is 6.20 Å². The Bertz CT molecular complexity index is 1430. The molecule has 0 saturated carbocycles. The van der Waals surface area contributed by atoms with Gasteiger partial charge in [0, 0.05) is 34.2 Å². The Morgan fingerprint density at radius 3 is 2.47 bits per heavy atom. The third-order valence-corrected chi connectivity index (χ3v) is 8.45. The van der Waals surface area contributed by atoms with Gasteiger partial charge < -0.3 is 25.4 Å². The molecule has 3 N–H and O–H groups in total. The summed E-state index contributed by atoms with van der Waals surface area (Å²) < 4.78 is 12.0. The number of rotatable bonds is 14. The first-order chi connectivity index (χ1) is 20.2. The average Bonchev–Trinajstić information content (AvgIpc) is 3.33. The molecule has 43 heavy (non-hydrogen) atoms. The van der Waals surface area contributed by atoms with Gasteiger partial charge in [-0.25, -0.2) is 0 Å². The number of carbonyl (C=O) groups is 1. The second kappa shape index (κ2) is 15.0. The van der Waals surface area contributed by atoms with E-state index in [1.807, 2.05) is 71.9 Å². The van der Waals surface area contributed by atoms with Crippen molar-refractivity contribution in [1.29, 1.82) is 0 Å². The van der Waals surface area contributed by atoms with E-state index < -0.39 is 5.60 Å². The molecule has 232 valence electrons. The Labute approximate surface area is 266 Å². The maximum Gasteiger partial charge on any atom is 0.323 e.